The summed E-state index contributed by atoms with van der Waals surface area (Å²) in [6.45, 7) is 5.17. The number of carbonyl (C=O) groups excluding carboxylic acids is 3. The molecule has 0 aromatic heterocycles. The Balaban J connectivity index is 1.79. The first-order valence-electron chi connectivity index (χ1n) is 9.98. The summed E-state index contributed by atoms with van der Waals surface area (Å²) in [6, 6.07) is 8.49. The first-order valence-corrected chi connectivity index (χ1v) is 11.0. The highest BCUT2D eigenvalue weighted by atomic mass is 32.2. The second-order valence-corrected chi connectivity index (χ2v) is 9.52. The third-order valence-electron chi connectivity index (χ3n) is 4.83. The summed E-state index contributed by atoms with van der Waals surface area (Å²) in [7, 11) is 0. The maximum Gasteiger partial charge on any atom is 0.355 e. The van der Waals surface area contributed by atoms with Crippen LogP contribution in [0.4, 0.5) is 0 Å². The number of hydrogen-bond acceptors (Lipinski definition) is 6. The molecule has 2 amide bonds. The molecule has 0 saturated carbocycles. The van der Waals surface area contributed by atoms with Crippen LogP contribution in [0.15, 0.2) is 41.6 Å². The fourth-order valence-corrected chi connectivity index (χ4v) is 4.87. The highest BCUT2D eigenvalue weighted by Gasteiger charge is 2.55. The van der Waals surface area contributed by atoms with E-state index in [1.807, 2.05) is 30.3 Å². The van der Waals surface area contributed by atoms with Gasteiger partial charge in [-0.25, -0.2) is 4.79 Å². The van der Waals surface area contributed by atoms with Crippen LogP contribution in [0, 0.1) is 12.3 Å². The minimum atomic E-state index is -1.06. The van der Waals surface area contributed by atoms with Crippen molar-refractivity contribution in [2.24, 2.45) is 0 Å². The van der Waals surface area contributed by atoms with Crippen LogP contribution in [0.2, 0.25) is 0 Å². The predicted octanol–water partition coefficient (Wildman–Crippen LogP) is 1.61. The van der Waals surface area contributed by atoms with E-state index in [4.69, 9.17) is 11.2 Å². The molecule has 2 N–H and O–H groups in total. The third kappa shape index (κ3) is 5.12. The number of nitrogens with one attached hydrogen (secondary N) is 1. The van der Waals surface area contributed by atoms with E-state index >= 15 is 0 Å². The minimum Gasteiger partial charge on any atom is -0.455 e. The van der Waals surface area contributed by atoms with Crippen molar-refractivity contribution in [3.63, 3.8) is 0 Å². The zero-order valence-electron chi connectivity index (χ0n) is 17.8. The number of aliphatic hydroxyl groups excluding tert-OH is 1. The Morgan fingerprint density at radius 3 is 2.65 bits per heavy atom. The number of aliphatic hydroxyl groups is 1. The smallest absolute Gasteiger partial charge is 0.355 e. The van der Waals surface area contributed by atoms with E-state index in [9.17, 15) is 19.5 Å². The average molecular weight is 443 g/mol. The molecular weight excluding hydrogens is 416 g/mol. The number of β-lactam (4-membered cyclic amide) rings is 1. The summed E-state index contributed by atoms with van der Waals surface area (Å²) in [5.41, 5.74) is 0.466. The van der Waals surface area contributed by atoms with Gasteiger partial charge in [0.05, 0.1) is 12.5 Å². The molecule has 0 bridgehead atoms. The lowest BCUT2D eigenvalue weighted by Crippen LogP contribution is -2.71. The summed E-state index contributed by atoms with van der Waals surface area (Å²) in [5, 5.41) is 12.8. The highest BCUT2D eigenvalue weighted by molar-refractivity contribution is 8.00. The van der Waals surface area contributed by atoms with E-state index in [2.05, 4.69) is 11.2 Å². The number of thioether (sulfide) groups is 1. The van der Waals surface area contributed by atoms with Crippen molar-refractivity contribution in [2.45, 2.75) is 56.7 Å². The highest BCUT2D eigenvalue weighted by Crippen LogP contribution is 2.42. The molecule has 1 aromatic rings. The van der Waals surface area contributed by atoms with Crippen LogP contribution in [0.1, 0.15) is 32.8 Å². The van der Waals surface area contributed by atoms with Crippen LogP contribution in [0.3, 0.4) is 0 Å². The number of rotatable bonds is 6. The van der Waals surface area contributed by atoms with E-state index in [0.717, 1.165) is 5.56 Å². The number of fused-ring (bicyclic) bond motifs is 1. The maximum absolute atomic E-state index is 12.9. The Morgan fingerprint density at radius 2 is 2.03 bits per heavy atom. The predicted molar refractivity (Wildman–Crippen MR) is 117 cm³/mol. The Hall–Kier alpha value is -2.76. The van der Waals surface area contributed by atoms with Gasteiger partial charge < -0.3 is 15.2 Å². The van der Waals surface area contributed by atoms with E-state index in [1.54, 1.807) is 20.8 Å². The van der Waals surface area contributed by atoms with Crippen molar-refractivity contribution in [3.05, 3.63) is 47.2 Å². The molecule has 8 heteroatoms. The van der Waals surface area contributed by atoms with Crippen molar-refractivity contribution in [1.29, 1.82) is 0 Å². The SMILES string of the molecule is C#CCC(O)C1=C(C(=O)OC(C)(C)C)N2C(=O)[C@@H](NC(=O)Cc3ccccc3)[C@H]2SC1. The molecule has 3 rings (SSSR count). The number of amides is 2. The van der Waals surface area contributed by atoms with E-state index in [1.165, 1.54) is 16.7 Å². The fraction of sp³-hybridized carbons (Fsp3) is 0.435. The number of carbonyl (C=O) groups is 3. The van der Waals surface area contributed by atoms with Gasteiger partial charge >= 0.3 is 5.97 Å². The monoisotopic (exact) mass is 442 g/mol. The minimum absolute atomic E-state index is 0.0200. The lowest BCUT2D eigenvalue weighted by Gasteiger charge is -2.50. The number of nitrogens with zero attached hydrogens (tertiary/aromatic N) is 1. The molecule has 2 heterocycles. The van der Waals surface area contributed by atoms with Crippen molar-refractivity contribution in [1.82, 2.24) is 10.2 Å². The summed E-state index contributed by atoms with van der Waals surface area (Å²) in [5.74, 6) is 1.31. The lowest BCUT2D eigenvalue weighted by molar-refractivity contribution is -0.159. The number of terminal acetylenes is 1. The topological polar surface area (TPSA) is 95.9 Å². The van der Waals surface area contributed by atoms with Gasteiger partial charge in [-0.15, -0.1) is 24.1 Å². The second-order valence-electron chi connectivity index (χ2n) is 8.42. The summed E-state index contributed by atoms with van der Waals surface area (Å²) in [6.07, 6.45) is 4.44. The molecule has 2 aliphatic rings. The largest absolute Gasteiger partial charge is 0.455 e. The molecule has 3 atom stereocenters. The van der Waals surface area contributed by atoms with Gasteiger partial charge in [0, 0.05) is 17.7 Å². The molecule has 1 fully saturated rings. The summed E-state index contributed by atoms with van der Waals surface area (Å²) in [4.78, 5) is 39.6. The van der Waals surface area contributed by atoms with E-state index in [-0.39, 0.29) is 24.4 Å². The van der Waals surface area contributed by atoms with Gasteiger partial charge in [-0.3, -0.25) is 14.5 Å². The molecule has 0 spiro atoms. The van der Waals surface area contributed by atoms with Crippen LogP contribution in [-0.2, 0) is 25.5 Å². The molecule has 7 nitrogen and oxygen atoms in total. The number of ether oxygens (including phenoxy) is 1. The summed E-state index contributed by atoms with van der Waals surface area (Å²) < 4.78 is 5.48. The first kappa shape index (κ1) is 22.9. The summed E-state index contributed by atoms with van der Waals surface area (Å²) >= 11 is 1.37. The van der Waals surface area contributed by atoms with E-state index < -0.39 is 35.0 Å². The normalized spacial score (nSPS) is 21.5. The van der Waals surface area contributed by atoms with Gasteiger partial charge in [-0.1, -0.05) is 30.3 Å². The van der Waals surface area contributed by atoms with Crippen LogP contribution in [0.5, 0.6) is 0 Å². The third-order valence-corrected chi connectivity index (χ3v) is 6.13. The van der Waals surface area contributed by atoms with Gasteiger partial charge in [0.15, 0.2) is 0 Å². The average Bonchev–Trinajstić information content (AvgIpc) is 2.70. The number of esters is 1. The van der Waals surface area contributed by atoms with Crippen molar-refractivity contribution in [3.8, 4) is 12.3 Å². The molecule has 31 heavy (non-hydrogen) atoms. The van der Waals surface area contributed by atoms with Crippen LogP contribution < -0.4 is 5.32 Å². The maximum atomic E-state index is 12.9. The van der Waals surface area contributed by atoms with Crippen LogP contribution >= 0.6 is 11.8 Å². The standard InChI is InChI=1S/C23H26N2O5S/c1-5-9-16(26)15-13-31-21-18(24-17(27)12-14-10-7-6-8-11-14)20(28)25(21)19(15)22(29)30-23(2,3)4/h1,6-8,10-11,16,18,21,26H,9,12-13H2,2-4H3,(H,24,27)/t16?,18-,21-/m1/s1. The fourth-order valence-electron chi connectivity index (χ4n) is 3.45. The number of benzene rings is 1. The van der Waals surface area contributed by atoms with E-state index in [0.29, 0.717) is 11.3 Å². The van der Waals surface area contributed by atoms with Gasteiger partial charge in [0.25, 0.3) is 5.91 Å². The zero-order chi connectivity index (χ0) is 22.8. The van der Waals surface area contributed by atoms with Crippen LogP contribution in [-0.4, -0.2) is 56.7 Å². The van der Waals surface area contributed by atoms with Crippen molar-refractivity contribution in [2.75, 3.05) is 5.75 Å². The Kier molecular flexibility index (Phi) is 6.77. The molecule has 1 unspecified atom stereocenters. The van der Waals surface area contributed by atoms with Gasteiger partial charge in [0.2, 0.25) is 5.91 Å². The molecular formula is C23H26N2O5S. The zero-order valence-corrected chi connectivity index (χ0v) is 18.6. The number of hydrogen-bond donors (Lipinski definition) is 2. The molecule has 1 saturated heterocycles. The van der Waals surface area contributed by atoms with Gasteiger partial charge in [0.1, 0.15) is 22.7 Å². The van der Waals surface area contributed by atoms with Crippen LogP contribution in [0.25, 0.3) is 0 Å². The Bertz CT molecular complexity index is 945. The first-order chi connectivity index (χ1) is 14.6. The molecule has 2 aliphatic heterocycles. The quantitative estimate of drug-likeness (QED) is 0.395. The van der Waals surface area contributed by atoms with Gasteiger partial charge in [-0.05, 0) is 26.3 Å². The molecule has 1 aromatic carbocycles. The molecule has 0 radical (unpaired) electrons. The second kappa shape index (κ2) is 9.16. The van der Waals surface area contributed by atoms with Crippen molar-refractivity contribution >= 4 is 29.5 Å². The molecule has 0 aliphatic carbocycles. The lowest BCUT2D eigenvalue weighted by atomic mass is 9.98. The van der Waals surface area contributed by atoms with Gasteiger partial charge in [-0.2, -0.15) is 0 Å². The Morgan fingerprint density at radius 1 is 1.35 bits per heavy atom. The Labute approximate surface area is 186 Å². The molecule has 164 valence electrons. The van der Waals surface area contributed by atoms with Crippen molar-refractivity contribution < 1.29 is 24.2 Å².